The summed E-state index contributed by atoms with van der Waals surface area (Å²) in [5.41, 5.74) is 0. The van der Waals surface area contributed by atoms with Gasteiger partial charge in [-0.25, -0.2) is 4.98 Å². The third kappa shape index (κ3) is 4.78. The van der Waals surface area contributed by atoms with Crippen LogP contribution in [0.5, 0.6) is 0 Å². The van der Waals surface area contributed by atoms with Gasteiger partial charge in [0.2, 0.25) is 5.91 Å². The molecule has 0 saturated heterocycles. The van der Waals surface area contributed by atoms with Crippen LogP contribution in [0, 0.1) is 0 Å². The summed E-state index contributed by atoms with van der Waals surface area (Å²) < 4.78 is 7.01. The van der Waals surface area contributed by atoms with E-state index in [1.165, 1.54) is 6.33 Å². The molecule has 0 aromatic carbocycles. The molecule has 0 aliphatic heterocycles. The van der Waals surface area contributed by atoms with Crippen LogP contribution in [0.15, 0.2) is 12.7 Å². The molecule has 1 saturated carbocycles. The number of methoxy groups -OCH3 is 1. The average molecular weight is 296 g/mol. The number of nitrogens with zero attached hydrogens (tertiary/aromatic N) is 3. The average Bonchev–Trinajstić information content (AvgIpc) is 2.92. The van der Waals surface area contributed by atoms with E-state index in [2.05, 4.69) is 15.4 Å². The van der Waals surface area contributed by atoms with Gasteiger partial charge >= 0.3 is 0 Å². The fourth-order valence-corrected chi connectivity index (χ4v) is 2.75. The zero-order chi connectivity index (χ0) is 15.1. The minimum atomic E-state index is -0.628. The summed E-state index contributed by atoms with van der Waals surface area (Å²) in [6.45, 7) is 0.668. The summed E-state index contributed by atoms with van der Waals surface area (Å²) in [4.78, 5) is 15.8. The molecule has 0 bridgehead atoms. The van der Waals surface area contributed by atoms with Crippen LogP contribution < -0.4 is 5.32 Å². The zero-order valence-electron chi connectivity index (χ0n) is 12.4. The SMILES string of the molecule is CO[C@@H]1CCCC[C@@H](NC(=O)CCCn2cncn2)[C@H]1O. The van der Waals surface area contributed by atoms with Crippen LogP contribution in [0.4, 0.5) is 0 Å². The summed E-state index contributed by atoms with van der Waals surface area (Å²) in [5.74, 6) is -0.0316. The zero-order valence-corrected chi connectivity index (χ0v) is 12.4. The standard InChI is InChI=1S/C14H24N4O3/c1-21-12-6-3-2-5-11(14(12)20)17-13(19)7-4-8-18-10-15-9-16-18/h9-12,14,20H,2-8H2,1H3,(H,17,19)/t11-,12-,14-/m1/s1. The van der Waals surface area contributed by atoms with Crippen LogP contribution in [0.1, 0.15) is 38.5 Å². The molecule has 1 aliphatic carbocycles. The molecule has 2 N–H and O–H groups in total. The lowest BCUT2D eigenvalue weighted by Crippen LogP contribution is -2.48. The van der Waals surface area contributed by atoms with E-state index in [4.69, 9.17) is 4.74 Å². The van der Waals surface area contributed by atoms with Crippen molar-refractivity contribution < 1.29 is 14.6 Å². The molecule has 1 amide bonds. The first-order valence-electron chi connectivity index (χ1n) is 7.53. The van der Waals surface area contributed by atoms with Gasteiger partial charge in [-0.3, -0.25) is 9.48 Å². The van der Waals surface area contributed by atoms with E-state index < -0.39 is 6.10 Å². The fourth-order valence-electron chi connectivity index (χ4n) is 2.75. The van der Waals surface area contributed by atoms with Crippen LogP contribution in [0.25, 0.3) is 0 Å². The number of aromatic nitrogens is 3. The van der Waals surface area contributed by atoms with Crippen molar-refractivity contribution >= 4 is 5.91 Å². The van der Waals surface area contributed by atoms with Crippen molar-refractivity contribution in [2.75, 3.05) is 7.11 Å². The normalized spacial score (nSPS) is 26.3. The van der Waals surface area contributed by atoms with Gasteiger partial charge in [-0.05, 0) is 19.3 Å². The van der Waals surface area contributed by atoms with Crippen LogP contribution in [0.2, 0.25) is 0 Å². The smallest absolute Gasteiger partial charge is 0.220 e. The van der Waals surface area contributed by atoms with E-state index in [1.54, 1.807) is 18.1 Å². The maximum Gasteiger partial charge on any atom is 0.220 e. The largest absolute Gasteiger partial charge is 0.388 e. The Bertz CT molecular complexity index is 424. The highest BCUT2D eigenvalue weighted by Crippen LogP contribution is 2.21. The first kappa shape index (κ1) is 15.9. The fraction of sp³-hybridized carbons (Fsp3) is 0.786. The molecule has 21 heavy (non-hydrogen) atoms. The summed E-state index contributed by atoms with van der Waals surface area (Å²) in [6, 6.07) is -0.212. The van der Waals surface area contributed by atoms with Crippen molar-refractivity contribution in [1.82, 2.24) is 20.1 Å². The van der Waals surface area contributed by atoms with Gasteiger partial charge < -0.3 is 15.2 Å². The van der Waals surface area contributed by atoms with Crippen molar-refractivity contribution in [1.29, 1.82) is 0 Å². The van der Waals surface area contributed by atoms with E-state index >= 15 is 0 Å². The lowest BCUT2D eigenvalue weighted by atomic mass is 10.0. The molecule has 1 aromatic heterocycles. The van der Waals surface area contributed by atoms with Crippen molar-refractivity contribution in [3.8, 4) is 0 Å². The van der Waals surface area contributed by atoms with Gasteiger partial charge in [0.05, 0.1) is 12.1 Å². The van der Waals surface area contributed by atoms with Gasteiger partial charge in [-0.1, -0.05) is 12.8 Å². The number of hydrogen-bond acceptors (Lipinski definition) is 5. The van der Waals surface area contributed by atoms with Crippen molar-refractivity contribution in [2.45, 2.75) is 63.3 Å². The molecule has 1 aromatic rings. The Labute approximate surface area is 124 Å². The first-order chi connectivity index (χ1) is 10.2. The quantitative estimate of drug-likeness (QED) is 0.746. The highest BCUT2D eigenvalue weighted by molar-refractivity contribution is 5.76. The predicted octanol–water partition coefficient (Wildman–Crippen LogP) is 0.493. The maximum atomic E-state index is 12.0. The molecule has 1 aliphatic rings. The number of carbonyl (C=O) groups is 1. The van der Waals surface area contributed by atoms with E-state index in [0.717, 1.165) is 25.7 Å². The summed E-state index contributed by atoms with van der Waals surface area (Å²) in [6.07, 6.45) is 7.08. The summed E-state index contributed by atoms with van der Waals surface area (Å²) in [5, 5.41) is 17.2. The third-order valence-corrected chi connectivity index (χ3v) is 3.95. The van der Waals surface area contributed by atoms with E-state index in [1.807, 2.05) is 0 Å². The van der Waals surface area contributed by atoms with Gasteiger partial charge in [0, 0.05) is 20.1 Å². The maximum absolute atomic E-state index is 12.0. The molecule has 1 fully saturated rings. The van der Waals surface area contributed by atoms with Gasteiger partial charge in [0.1, 0.15) is 18.8 Å². The lowest BCUT2D eigenvalue weighted by Gasteiger charge is -2.27. The van der Waals surface area contributed by atoms with Crippen molar-refractivity contribution in [2.24, 2.45) is 0 Å². The molecule has 0 spiro atoms. The number of ether oxygens (including phenoxy) is 1. The van der Waals surface area contributed by atoms with E-state index in [9.17, 15) is 9.90 Å². The molecule has 2 rings (SSSR count). The number of rotatable bonds is 6. The Kier molecular flexibility index (Phi) is 6.13. The van der Waals surface area contributed by atoms with Crippen LogP contribution in [-0.4, -0.2) is 51.1 Å². The van der Waals surface area contributed by atoms with Crippen LogP contribution in [-0.2, 0) is 16.1 Å². The third-order valence-electron chi connectivity index (χ3n) is 3.95. The van der Waals surface area contributed by atoms with Gasteiger partial charge in [0.25, 0.3) is 0 Å². The van der Waals surface area contributed by atoms with Gasteiger partial charge in [-0.15, -0.1) is 0 Å². The first-order valence-corrected chi connectivity index (χ1v) is 7.53. The molecule has 0 radical (unpaired) electrons. The number of amides is 1. The minimum absolute atomic E-state index is 0.0316. The Morgan fingerprint density at radius 3 is 3.00 bits per heavy atom. The summed E-state index contributed by atoms with van der Waals surface area (Å²) >= 11 is 0. The Morgan fingerprint density at radius 2 is 2.29 bits per heavy atom. The Hall–Kier alpha value is -1.47. The second kappa shape index (κ2) is 8.09. The summed E-state index contributed by atoms with van der Waals surface area (Å²) in [7, 11) is 1.61. The molecule has 118 valence electrons. The molecule has 0 unspecified atom stereocenters. The van der Waals surface area contributed by atoms with Crippen LogP contribution in [0.3, 0.4) is 0 Å². The van der Waals surface area contributed by atoms with Crippen LogP contribution >= 0.6 is 0 Å². The predicted molar refractivity (Wildman–Crippen MR) is 76.5 cm³/mol. The van der Waals surface area contributed by atoms with Gasteiger partial charge in [0.15, 0.2) is 0 Å². The highest BCUT2D eigenvalue weighted by Gasteiger charge is 2.30. The molecule has 7 heteroatoms. The molecule has 1 heterocycles. The van der Waals surface area contributed by atoms with E-state index in [-0.39, 0.29) is 18.1 Å². The number of aliphatic hydroxyl groups is 1. The lowest BCUT2D eigenvalue weighted by molar-refractivity contribution is -0.123. The second-order valence-electron chi connectivity index (χ2n) is 5.49. The van der Waals surface area contributed by atoms with Crippen molar-refractivity contribution in [3.05, 3.63) is 12.7 Å². The minimum Gasteiger partial charge on any atom is -0.388 e. The monoisotopic (exact) mass is 296 g/mol. The highest BCUT2D eigenvalue weighted by atomic mass is 16.5. The Morgan fingerprint density at radius 1 is 1.48 bits per heavy atom. The number of hydrogen-bond donors (Lipinski definition) is 2. The van der Waals surface area contributed by atoms with Crippen molar-refractivity contribution in [3.63, 3.8) is 0 Å². The van der Waals surface area contributed by atoms with Gasteiger partial charge in [-0.2, -0.15) is 5.10 Å². The topological polar surface area (TPSA) is 89.3 Å². The number of aryl methyl sites for hydroxylation is 1. The second-order valence-corrected chi connectivity index (χ2v) is 5.49. The number of carbonyl (C=O) groups excluding carboxylic acids is 1. The molecular formula is C14H24N4O3. The molecular weight excluding hydrogens is 272 g/mol. The number of aliphatic hydroxyl groups excluding tert-OH is 1. The number of nitrogens with one attached hydrogen (secondary N) is 1. The molecule has 7 nitrogen and oxygen atoms in total. The molecule has 3 atom stereocenters. The Balaban J connectivity index is 1.75. The van der Waals surface area contributed by atoms with E-state index in [0.29, 0.717) is 19.4 Å².